The minimum absolute atomic E-state index is 0. The van der Waals surface area contributed by atoms with E-state index in [1.165, 1.54) is 11.1 Å². The van der Waals surface area contributed by atoms with E-state index in [0.717, 1.165) is 37.4 Å². The van der Waals surface area contributed by atoms with Crippen molar-refractivity contribution in [1.82, 2.24) is 5.32 Å². The summed E-state index contributed by atoms with van der Waals surface area (Å²) in [5.74, 6) is 0. The van der Waals surface area contributed by atoms with Crippen molar-refractivity contribution < 1.29 is 4.39 Å². The lowest BCUT2D eigenvalue weighted by molar-refractivity contribution is 0.115. The maximum absolute atomic E-state index is 15.3. The molecule has 1 fully saturated rings. The number of hydrogen-bond acceptors (Lipinski definition) is 2. The number of nitrogens with zero attached hydrogens (tertiary/aromatic N) is 1. The van der Waals surface area contributed by atoms with Gasteiger partial charge in [-0.1, -0.05) is 72.8 Å². The van der Waals surface area contributed by atoms with Crippen LogP contribution in [0.4, 0.5) is 10.1 Å². The summed E-state index contributed by atoms with van der Waals surface area (Å²) >= 11 is 0. The molecule has 0 radical (unpaired) electrons. The summed E-state index contributed by atoms with van der Waals surface area (Å²) in [4.78, 5) is 2.35. The van der Waals surface area contributed by atoms with Gasteiger partial charge in [-0.25, -0.2) is 4.39 Å². The van der Waals surface area contributed by atoms with Crippen LogP contribution in [0.3, 0.4) is 0 Å². The smallest absolute Gasteiger partial charge is 0.138 e. The molecule has 1 saturated heterocycles. The van der Waals surface area contributed by atoms with Gasteiger partial charge in [0.2, 0.25) is 0 Å². The predicted molar refractivity (Wildman–Crippen MR) is 129 cm³/mol. The highest BCUT2D eigenvalue weighted by Crippen LogP contribution is 2.36. The number of nitrogens with one attached hydrogen (secondary N) is 1. The van der Waals surface area contributed by atoms with Gasteiger partial charge in [-0.15, -0.1) is 24.8 Å². The van der Waals surface area contributed by atoms with Gasteiger partial charge in [0.1, 0.15) is 5.67 Å². The van der Waals surface area contributed by atoms with Gasteiger partial charge in [0.15, 0.2) is 0 Å². The Morgan fingerprint density at radius 1 is 0.700 bits per heavy atom. The molecule has 0 atom stereocenters. The van der Waals surface area contributed by atoms with Gasteiger partial charge in [0.25, 0.3) is 0 Å². The molecule has 1 heterocycles. The third-order valence-corrected chi connectivity index (χ3v) is 5.58. The minimum Gasteiger partial charge on any atom is -0.363 e. The van der Waals surface area contributed by atoms with Gasteiger partial charge < -0.3 is 10.2 Å². The normalized spacial score (nSPS) is 14.8. The molecule has 5 heteroatoms. The van der Waals surface area contributed by atoms with Gasteiger partial charge >= 0.3 is 0 Å². The van der Waals surface area contributed by atoms with Crippen LogP contribution in [0, 0.1) is 0 Å². The standard InChI is InChI=1S/C25H27FN2.2ClH/c26-25(15-17-27-18-16-25)23-11-13-24(14-12-23)28(19-21-7-3-1-4-8-21)20-22-9-5-2-6-10-22;;/h1-14,27H,15-20H2;2*1H. The predicted octanol–water partition coefficient (Wildman–Crippen LogP) is 6.29. The molecule has 0 saturated carbocycles. The van der Waals surface area contributed by atoms with Gasteiger partial charge in [-0.3, -0.25) is 0 Å². The third kappa shape index (κ3) is 5.98. The minimum atomic E-state index is -1.20. The number of piperidine rings is 1. The van der Waals surface area contributed by atoms with Gasteiger partial charge in [0, 0.05) is 18.8 Å². The summed E-state index contributed by atoms with van der Waals surface area (Å²) in [6, 6.07) is 29.1. The van der Waals surface area contributed by atoms with Crippen LogP contribution in [0.1, 0.15) is 29.5 Å². The number of rotatable bonds is 6. The summed E-state index contributed by atoms with van der Waals surface area (Å²) in [6.07, 6.45) is 1.09. The Labute approximate surface area is 191 Å². The van der Waals surface area contributed by atoms with E-state index >= 15 is 4.39 Å². The first-order valence-electron chi connectivity index (χ1n) is 10.1. The van der Waals surface area contributed by atoms with Crippen LogP contribution >= 0.6 is 24.8 Å². The van der Waals surface area contributed by atoms with Crippen molar-refractivity contribution >= 4 is 30.5 Å². The van der Waals surface area contributed by atoms with Crippen molar-refractivity contribution in [2.75, 3.05) is 18.0 Å². The highest BCUT2D eigenvalue weighted by molar-refractivity contribution is 5.85. The molecule has 30 heavy (non-hydrogen) atoms. The van der Waals surface area contributed by atoms with Crippen LogP contribution in [0.2, 0.25) is 0 Å². The molecule has 4 rings (SSSR count). The van der Waals surface area contributed by atoms with E-state index < -0.39 is 5.67 Å². The Morgan fingerprint density at radius 3 is 1.63 bits per heavy atom. The number of hydrogen-bond donors (Lipinski definition) is 1. The number of alkyl halides is 1. The second-order valence-corrected chi connectivity index (χ2v) is 7.59. The first kappa shape index (κ1) is 24.2. The highest BCUT2D eigenvalue weighted by Gasteiger charge is 2.33. The van der Waals surface area contributed by atoms with Crippen molar-refractivity contribution in [1.29, 1.82) is 0 Å². The Bertz CT molecular complexity index is 825. The van der Waals surface area contributed by atoms with Crippen LogP contribution in [-0.4, -0.2) is 13.1 Å². The third-order valence-electron chi connectivity index (χ3n) is 5.58. The average Bonchev–Trinajstić information content (AvgIpc) is 2.75. The van der Waals surface area contributed by atoms with Crippen LogP contribution < -0.4 is 10.2 Å². The number of benzene rings is 3. The summed E-state index contributed by atoms with van der Waals surface area (Å²) in [5.41, 5.74) is 3.25. The monoisotopic (exact) mass is 446 g/mol. The van der Waals surface area contributed by atoms with E-state index in [9.17, 15) is 0 Å². The second kappa shape index (κ2) is 11.4. The average molecular weight is 447 g/mol. The zero-order valence-electron chi connectivity index (χ0n) is 17.0. The fourth-order valence-corrected chi connectivity index (χ4v) is 3.93. The highest BCUT2D eigenvalue weighted by atomic mass is 35.5. The van der Waals surface area contributed by atoms with Crippen molar-refractivity contribution in [3.05, 3.63) is 102 Å². The van der Waals surface area contributed by atoms with Gasteiger partial charge in [-0.05, 0) is 54.8 Å². The zero-order chi connectivity index (χ0) is 19.2. The Hall–Kier alpha value is -2.07. The molecular formula is C25H29Cl2FN2. The molecule has 3 aromatic carbocycles. The second-order valence-electron chi connectivity index (χ2n) is 7.59. The lowest BCUT2D eigenvalue weighted by Gasteiger charge is -2.31. The van der Waals surface area contributed by atoms with Crippen molar-refractivity contribution in [3.63, 3.8) is 0 Å². The molecule has 1 aliphatic rings. The summed E-state index contributed by atoms with van der Waals surface area (Å²) in [7, 11) is 0. The molecule has 0 aliphatic carbocycles. The lowest BCUT2D eigenvalue weighted by Crippen LogP contribution is -2.36. The maximum atomic E-state index is 15.3. The van der Waals surface area contributed by atoms with Crippen LogP contribution in [0.25, 0.3) is 0 Å². The molecular weight excluding hydrogens is 418 g/mol. The molecule has 0 amide bonds. The van der Waals surface area contributed by atoms with E-state index in [4.69, 9.17) is 0 Å². The maximum Gasteiger partial charge on any atom is 0.138 e. The van der Waals surface area contributed by atoms with E-state index in [1.54, 1.807) is 0 Å². The van der Waals surface area contributed by atoms with Gasteiger partial charge in [-0.2, -0.15) is 0 Å². The first-order valence-corrected chi connectivity index (χ1v) is 10.1. The molecule has 160 valence electrons. The van der Waals surface area contributed by atoms with Gasteiger partial charge in [0.05, 0.1) is 0 Å². The molecule has 0 aromatic heterocycles. The zero-order valence-corrected chi connectivity index (χ0v) is 18.6. The Kier molecular flexibility index (Phi) is 9.16. The number of halogens is 3. The van der Waals surface area contributed by atoms with E-state index in [0.29, 0.717) is 12.8 Å². The topological polar surface area (TPSA) is 15.3 Å². The van der Waals surface area contributed by atoms with Crippen molar-refractivity contribution in [2.45, 2.75) is 31.6 Å². The van der Waals surface area contributed by atoms with Crippen LogP contribution in [0.15, 0.2) is 84.9 Å². The Morgan fingerprint density at radius 2 is 1.17 bits per heavy atom. The van der Waals surface area contributed by atoms with E-state index in [2.05, 4.69) is 70.9 Å². The Balaban J connectivity index is 0.00000160. The fourth-order valence-electron chi connectivity index (χ4n) is 3.93. The van der Waals surface area contributed by atoms with Crippen LogP contribution in [0.5, 0.6) is 0 Å². The van der Waals surface area contributed by atoms with E-state index in [-0.39, 0.29) is 24.8 Å². The molecule has 0 unspecified atom stereocenters. The molecule has 1 N–H and O–H groups in total. The molecule has 3 aromatic rings. The fraction of sp³-hybridized carbons (Fsp3) is 0.280. The summed E-state index contributed by atoms with van der Waals surface area (Å²) in [6.45, 7) is 3.12. The van der Waals surface area contributed by atoms with E-state index in [1.807, 2.05) is 24.3 Å². The molecule has 1 aliphatic heterocycles. The SMILES string of the molecule is Cl.Cl.FC1(c2ccc(N(Cc3ccccc3)Cc3ccccc3)cc2)CCNCC1. The first-order chi connectivity index (χ1) is 13.7. The van der Waals surface area contributed by atoms with Crippen LogP contribution in [-0.2, 0) is 18.8 Å². The summed E-state index contributed by atoms with van der Waals surface area (Å²) in [5, 5.41) is 3.25. The summed E-state index contributed by atoms with van der Waals surface area (Å²) < 4.78 is 15.3. The molecule has 0 spiro atoms. The number of anilines is 1. The molecule has 2 nitrogen and oxygen atoms in total. The quantitative estimate of drug-likeness (QED) is 0.478. The molecule has 0 bridgehead atoms. The largest absolute Gasteiger partial charge is 0.363 e. The van der Waals surface area contributed by atoms with Crippen molar-refractivity contribution in [3.8, 4) is 0 Å². The van der Waals surface area contributed by atoms with Crippen molar-refractivity contribution in [2.24, 2.45) is 0 Å². The lowest BCUT2D eigenvalue weighted by atomic mass is 9.87.